The summed E-state index contributed by atoms with van der Waals surface area (Å²) < 4.78 is 43.2. The molecule has 4 rings (SSSR count). The Morgan fingerprint density at radius 1 is 0.975 bits per heavy atom. The molecule has 1 aliphatic rings. The van der Waals surface area contributed by atoms with Crippen LogP contribution in [0.5, 0.6) is 0 Å². The SMILES string of the molecule is C[C@H](C(=O)NC1CCCCC1)N(Cc1ccccc1F)C(=O)CN(c1cccc(Cl)c1)S(=O)(=O)c1ccccc1. The predicted octanol–water partition coefficient (Wildman–Crippen LogP) is 5.54. The highest BCUT2D eigenvalue weighted by atomic mass is 35.5. The Morgan fingerprint density at radius 3 is 2.33 bits per heavy atom. The second-order valence-electron chi connectivity index (χ2n) is 9.94. The molecule has 0 aromatic heterocycles. The molecule has 0 bridgehead atoms. The summed E-state index contributed by atoms with van der Waals surface area (Å²) in [6, 6.07) is 19.0. The molecule has 0 spiro atoms. The van der Waals surface area contributed by atoms with Gasteiger partial charge in [-0.15, -0.1) is 0 Å². The Morgan fingerprint density at radius 2 is 1.65 bits per heavy atom. The molecule has 212 valence electrons. The maximum absolute atomic E-state index is 14.7. The molecule has 0 aliphatic heterocycles. The Hall–Kier alpha value is -3.43. The van der Waals surface area contributed by atoms with Gasteiger partial charge in [0.15, 0.2) is 0 Å². The van der Waals surface area contributed by atoms with Crippen LogP contribution in [0.1, 0.15) is 44.6 Å². The molecule has 0 heterocycles. The number of halogens is 2. The van der Waals surface area contributed by atoms with Gasteiger partial charge in [0, 0.05) is 23.2 Å². The number of hydrogen-bond acceptors (Lipinski definition) is 4. The van der Waals surface area contributed by atoms with E-state index in [1.165, 1.54) is 41.3 Å². The van der Waals surface area contributed by atoms with Crippen molar-refractivity contribution < 1.29 is 22.4 Å². The molecule has 40 heavy (non-hydrogen) atoms. The number of rotatable bonds is 10. The van der Waals surface area contributed by atoms with Gasteiger partial charge in [-0.05, 0) is 56.2 Å². The number of nitrogens with zero attached hydrogens (tertiary/aromatic N) is 2. The van der Waals surface area contributed by atoms with Crippen LogP contribution in [0.4, 0.5) is 10.1 Å². The van der Waals surface area contributed by atoms with Gasteiger partial charge in [-0.1, -0.05) is 73.3 Å². The van der Waals surface area contributed by atoms with Gasteiger partial charge < -0.3 is 10.2 Å². The highest BCUT2D eigenvalue weighted by Crippen LogP contribution is 2.27. The van der Waals surface area contributed by atoms with Crippen molar-refractivity contribution in [1.82, 2.24) is 10.2 Å². The molecule has 3 aromatic carbocycles. The first-order valence-corrected chi connectivity index (χ1v) is 15.1. The van der Waals surface area contributed by atoms with Crippen molar-refractivity contribution in [2.45, 2.75) is 62.6 Å². The third-order valence-corrected chi connectivity index (χ3v) is 9.15. The fraction of sp³-hybridized carbons (Fsp3) is 0.333. The molecule has 0 unspecified atom stereocenters. The second kappa shape index (κ2) is 13.3. The lowest BCUT2D eigenvalue weighted by Crippen LogP contribution is -2.53. The number of hydrogen-bond donors (Lipinski definition) is 1. The first-order valence-electron chi connectivity index (χ1n) is 13.3. The molecule has 1 atom stereocenters. The minimum absolute atomic E-state index is 0.00785. The summed E-state index contributed by atoms with van der Waals surface area (Å²) in [5, 5.41) is 3.32. The number of carbonyl (C=O) groups excluding carboxylic acids is 2. The molecule has 1 N–H and O–H groups in total. The molecular formula is C30H33ClFN3O4S. The average molecular weight is 586 g/mol. The molecular weight excluding hydrogens is 553 g/mol. The van der Waals surface area contributed by atoms with Crippen LogP contribution in [0.2, 0.25) is 5.02 Å². The smallest absolute Gasteiger partial charge is 0.264 e. The number of nitrogens with one attached hydrogen (secondary N) is 1. The zero-order chi connectivity index (χ0) is 28.7. The largest absolute Gasteiger partial charge is 0.352 e. The Kier molecular flexibility index (Phi) is 9.81. The van der Waals surface area contributed by atoms with E-state index < -0.39 is 34.3 Å². The minimum Gasteiger partial charge on any atom is -0.352 e. The van der Waals surface area contributed by atoms with Crippen molar-refractivity contribution in [1.29, 1.82) is 0 Å². The van der Waals surface area contributed by atoms with Gasteiger partial charge in [0.2, 0.25) is 11.8 Å². The van der Waals surface area contributed by atoms with Crippen molar-refractivity contribution in [2.24, 2.45) is 0 Å². The van der Waals surface area contributed by atoms with Crippen molar-refractivity contribution in [3.05, 3.63) is 95.3 Å². The summed E-state index contributed by atoms with van der Waals surface area (Å²) in [5.74, 6) is -1.55. The monoisotopic (exact) mass is 585 g/mol. The molecule has 1 aliphatic carbocycles. The van der Waals surface area contributed by atoms with Gasteiger partial charge in [0.05, 0.1) is 10.6 Å². The predicted molar refractivity (Wildman–Crippen MR) is 154 cm³/mol. The highest BCUT2D eigenvalue weighted by Gasteiger charge is 2.33. The summed E-state index contributed by atoms with van der Waals surface area (Å²) in [4.78, 5) is 28.5. The third-order valence-electron chi connectivity index (χ3n) is 7.12. The van der Waals surface area contributed by atoms with Crippen LogP contribution in [0.25, 0.3) is 0 Å². The van der Waals surface area contributed by atoms with E-state index in [1.54, 1.807) is 49.4 Å². The standard InChI is InChI=1S/C30H33ClFN3O4S/c1-22(30(37)33-25-13-4-2-5-14-25)34(20-23-11-8-9-18-28(23)32)29(36)21-35(26-15-10-12-24(31)19-26)40(38,39)27-16-6-3-7-17-27/h3,6-12,15-19,22,25H,2,4-5,13-14,20-21H2,1H3,(H,33,37)/t22-/m1/s1. The fourth-order valence-electron chi connectivity index (χ4n) is 4.84. The topological polar surface area (TPSA) is 86.8 Å². The maximum Gasteiger partial charge on any atom is 0.264 e. The zero-order valence-corrected chi connectivity index (χ0v) is 23.9. The second-order valence-corrected chi connectivity index (χ2v) is 12.2. The van der Waals surface area contributed by atoms with E-state index in [1.807, 2.05) is 0 Å². The van der Waals surface area contributed by atoms with E-state index in [0.717, 1.165) is 36.4 Å². The Labute approximate surface area is 240 Å². The van der Waals surface area contributed by atoms with E-state index in [0.29, 0.717) is 5.02 Å². The van der Waals surface area contributed by atoms with Crippen LogP contribution >= 0.6 is 11.6 Å². The molecule has 7 nitrogen and oxygen atoms in total. The summed E-state index contributed by atoms with van der Waals surface area (Å²) in [6.45, 7) is 0.749. The van der Waals surface area contributed by atoms with Crippen LogP contribution in [0.15, 0.2) is 83.8 Å². The number of benzene rings is 3. The first-order chi connectivity index (χ1) is 19.2. The van der Waals surface area contributed by atoms with Crippen LogP contribution in [-0.4, -0.2) is 43.8 Å². The number of sulfonamides is 1. The molecule has 1 fully saturated rings. The van der Waals surface area contributed by atoms with Crippen LogP contribution in [0.3, 0.4) is 0 Å². The van der Waals surface area contributed by atoms with Gasteiger partial charge in [-0.3, -0.25) is 13.9 Å². The molecule has 10 heteroatoms. The van der Waals surface area contributed by atoms with E-state index >= 15 is 0 Å². The van der Waals surface area contributed by atoms with Crippen LogP contribution < -0.4 is 9.62 Å². The van der Waals surface area contributed by atoms with Gasteiger partial charge in [-0.2, -0.15) is 0 Å². The van der Waals surface area contributed by atoms with Crippen molar-refractivity contribution in [2.75, 3.05) is 10.8 Å². The van der Waals surface area contributed by atoms with Crippen molar-refractivity contribution in [3.63, 3.8) is 0 Å². The number of carbonyl (C=O) groups is 2. The minimum atomic E-state index is -4.20. The van der Waals surface area contributed by atoms with Gasteiger partial charge in [-0.25, -0.2) is 12.8 Å². The maximum atomic E-state index is 14.7. The Balaban J connectivity index is 1.67. The van der Waals surface area contributed by atoms with E-state index in [9.17, 15) is 22.4 Å². The highest BCUT2D eigenvalue weighted by molar-refractivity contribution is 7.92. The number of amides is 2. The summed E-state index contributed by atoms with van der Waals surface area (Å²) in [6.07, 6.45) is 4.87. The van der Waals surface area contributed by atoms with Gasteiger partial charge in [0.1, 0.15) is 18.4 Å². The zero-order valence-electron chi connectivity index (χ0n) is 22.3. The van der Waals surface area contributed by atoms with Gasteiger partial charge in [0.25, 0.3) is 10.0 Å². The third kappa shape index (κ3) is 7.20. The average Bonchev–Trinajstić information content (AvgIpc) is 2.96. The normalized spacial score (nSPS) is 14.8. The molecule has 3 aromatic rings. The van der Waals surface area contributed by atoms with Crippen molar-refractivity contribution >= 4 is 39.1 Å². The molecule has 2 amide bonds. The lowest BCUT2D eigenvalue weighted by molar-refractivity contribution is -0.139. The quantitative estimate of drug-likeness (QED) is 0.338. The molecule has 0 saturated heterocycles. The summed E-state index contributed by atoms with van der Waals surface area (Å²) in [7, 11) is -4.20. The van der Waals surface area contributed by atoms with Gasteiger partial charge >= 0.3 is 0 Å². The van der Waals surface area contributed by atoms with Crippen LogP contribution in [0, 0.1) is 5.82 Å². The first kappa shape index (κ1) is 29.6. The lowest BCUT2D eigenvalue weighted by atomic mass is 9.95. The van der Waals surface area contributed by atoms with E-state index in [-0.39, 0.29) is 34.6 Å². The van der Waals surface area contributed by atoms with Crippen molar-refractivity contribution in [3.8, 4) is 0 Å². The fourth-order valence-corrected chi connectivity index (χ4v) is 6.45. The molecule has 1 saturated carbocycles. The molecule has 0 radical (unpaired) electrons. The number of anilines is 1. The van der Waals surface area contributed by atoms with E-state index in [2.05, 4.69) is 5.32 Å². The lowest BCUT2D eigenvalue weighted by Gasteiger charge is -2.33. The Bertz CT molecular complexity index is 1430. The van der Waals surface area contributed by atoms with Crippen LogP contribution in [-0.2, 0) is 26.2 Å². The summed E-state index contributed by atoms with van der Waals surface area (Å²) >= 11 is 6.18. The van der Waals surface area contributed by atoms with E-state index in [4.69, 9.17) is 11.6 Å². The summed E-state index contributed by atoms with van der Waals surface area (Å²) in [5.41, 5.74) is 0.406.